The van der Waals surface area contributed by atoms with E-state index in [1.807, 2.05) is 0 Å². The van der Waals surface area contributed by atoms with Gasteiger partial charge in [0.1, 0.15) is 17.9 Å². The van der Waals surface area contributed by atoms with Crippen LogP contribution in [0.3, 0.4) is 0 Å². The third kappa shape index (κ3) is 7.04. The fraction of sp³-hybridized carbons (Fsp3) is 0.389. The summed E-state index contributed by atoms with van der Waals surface area (Å²) in [6, 6.07) is 4.02. The van der Waals surface area contributed by atoms with Gasteiger partial charge < -0.3 is 16.4 Å². The highest BCUT2D eigenvalue weighted by Crippen LogP contribution is 2.10. The molecule has 0 unspecified atom stereocenters. The van der Waals surface area contributed by atoms with Gasteiger partial charge in [-0.05, 0) is 24.5 Å². The molecule has 0 fully saturated rings. The topological polar surface area (TPSA) is 101 Å². The van der Waals surface area contributed by atoms with E-state index in [-0.39, 0.29) is 18.4 Å². The number of unbranched alkanes of at least 4 members (excludes halogenated alkanes) is 1. The van der Waals surface area contributed by atoms with Crippen LogP contribution in [0.5, 0.6) is 0 Å². The van der Waals surface area contributed by atoms with Gasteiger partial charge in [-0.15, -0.1) is 12.3 Å². The fourth-order valence-corrected chi connectivity index (χ4v) is 2.30. The number of nitrogens with one attached hydrogen (secondary N) is 2. The first kappa shape index (κ1) is 20.2. The van der Waals surface area contributed by atoms with Gasteiger partial charge in [-0.2, -0.15) is 0 Å². The van der Waals surface area contributed by atoms with Crippen LogP contribution in [0.25, 0.3) is 0 Å². The maximum atomic E-state index is 13.8. The van der Waals surface area contributed by atoms with Crippen LogP contribution in [0, 0.1) is 18.2 Å². The molecule has 0 aliphatic heterocycles. The molecule has 0 bridgehead atoms. The summed E-state index contributed by atoms with van der Waals surface area (Å²) in [5, 5.41) is 4.97. The van der Waals surface area contributed by atoms with Crippen LogP contribution in [-0.2, 0) is 20.8 Å². The Morgan fingerprint density at radius 3 is 2.48 bits per heavy atom. The molecule has 2 atom stereocenters. The molecule has 0 aliphatic carbocycles. The fourth-order valence-electron chi connectivity index (χ4n) is 2.30. The van der Waals surface area contributed by atoms with Gasteiger partial charge in [-0.1, -0.05) is 18.2 Å². The van der Waals surface area contributed by atoms with E-state index in [2.05, 4.69) is 16.6 Å². The Morgan fingerprint density at radius 2 is 1.92 bits per heavy atom. The summed E-state index contributed by atoms with van der Waals surface area (Å²) in [4.78, 5) is 35.3. The van der Waals surface area contributed by atoms with Gasteiger partial charge >= 0.3 is 0 Å². The molecule has 134 valence electrons. The van der Waals surface area contributed by atoms with E-state index in [4.69, 9.17) is 12.2 Å². The molecule has 0 spiro atoms. The van der Waals surface area contributed by atoms with Crippen molar-refractivity contribution in [3.8, 4) is 12.3 Å². The van der Waals surface area contributed by atoms with E-state index in [1.165, 1.54) is 25.1 Å². The molecule has 7 heteroatoms. The molecule has 4 N–H and O–H groups in total. The lowest BCUT2D eigenvalue weighted by Crippen LogP contribution is -2.53. The maximum Gasteiger partial charge on any atom is 0.243 e. The molecule has 3 amide bonds. The standard InChI is InChI=1S/C18H22FN3O3/c1-3-4-5-10-15(17(20)24)22-18(25)16(21-12(2)23)11-13-8-6-7-9-14(13)19/h1,6-9,15-16H,4-5,10-11H2,2H3,(H2,20,24)(H,21,23)(H,22,25)/t15-,16+/m1/s1. The highest BCUT2D eigenvalue weighted by molar-refractivity contribution is 5.91. The Kier molecular flexibility index (Phi) is 8.13. The Hall–Kier alpha value is -2.88. The SMILES string of the molecule is C#CCCC[C@@H](NC(=O)[C@H](Cc1ccccc1F)NC(C)=O)C(N)=O. The van der Waals surface area contributed by atoms with E-state index in [1.54, 1.807) is 6.07 Å². The number of hydrogen-bond donors (Lipinski definition) is 3. The van der Waals surface area contributed by atoms with Crippen molar-refractivity contribution in [1.29, 1.82) is 0 Å². The smallest absolute Gasteiger partial charge is 0.243 e. The van der Waals surface area contributed by atoms with Gasteiger partial charge in [0.25, 0.3) is 0 Å². The first-order valence-electron chi connectivity index (χ1n) is 7.88. The molecule has 25 heavy (non-hydrogen) atoms. The zero-order valence-corrected chi connectivity index (χ0v) is 14.0. The monoisotopic (exact) mass is 347 g/mol. The summed E-state index contributed by atoms with van der Waals surface area (Å²) in [6.45, 7) is 1.25. The average Bonchev–Trinajstić information content (AvgIpc) is 2.54. The summed E-state index contributed by atoms with van der Waals surface area (Å²) < 4.78 is 13.8. The number of carbonyl (C=O) groups excluding carboxylic acids is 3. The highest BCUT2D eigenvalue weighted by atomic mass is 19.1. The van der Waals surface area contributed by atoms with Crippen molar-refractivity contribution >= 4 is 17.7 Å². The minimum atomic E-state index is -1.02. The predicted molar refractivity (Wildman–Crippen MR) is 91.5 cm³/mol. The van der Waals surface area contributed by atoms with Crippen LogP contribution in [0.1, 0.15) is 31.7 Å². The first-order valence-corrected chi connectivity index (χ1v) is 7.88. The molecule has 1 rings (SSSR count). The minimum absolute atomic E-state index is 0.0477. The third-order valence-electron chi connectivity index (χ3n) is 3.55. The summed E-state index contributed by atoms with van der Waals surface area (Å²) >= 11 is 0. The lowest BCUT2D eigenvalue weighted by atomic mass is 10.0. The molecule has 0 saturated heterocycles. The van der Waals surface area contributed by atoms with Gasteiger partial charge in [0.15, 0.2) is 0 Å². The molecule has 6 nitrogen and oxygen atoms in total. The van der Waals surface area contributed by atoms with Crippen molar-refractivity contribution in [2.24, 2.45) is 5.73 Å². The van der Waals surface area contributed by atoms with Crippen LogP contribution in [0.15, 0.2) is 24.3 Å². The number of primary amides is 1. The number of rotatable bonds is 9. The second-order valence-electron chi connectivity index (χ2n) is 5.61. The molecule has 0 aromatic heterocycles. The Morgan fingerprint density at radius 1 is 1.24 bits per heavy atom. The van der Waals surface area contributed by atoms with Crippen LogP contribution < -0.4 is 16.4 Å². The van der Waals surface area contributed by atoms with Gasteiger partial charge in [0.2, 0.25) is 17.7 Å². The van der Waals surface area contributed by atoms with E-state index in [9.17, 15) is 18.8 Å². The van der Waals surface area contributed by atoms with Crippen molar-refractivity contribution < 1.29 is 18.8 Å². The van der Waals surface area contributed by atoms with Crippen molar-refractivity contribution in [2.75, 3.05) is 0 Å². The third-order valence-corrected chi connectivity index (χ3v) is 3.55. The van der Waals surface area contributed by atoms with Gasteiger partial charge in [0, 0.05) is 19.8 Å². The number of carbonyl (C=O) groups is 3. The highest BCUT2D eigenvalue weighted by Gasteiger charge is 2.25. The molecular formula is C18H22FN3O3. The van der Waals surface area contributed by atoms with Crippen molar-refractivity contribution in [2.45, 2.75) is 44.7 Å². The summed E-state index contributed by atoms with van der Waals surface area (Å²) in [5.41, 5.74) is 5.57. The second kappa shape index (κ2) is 10.1. The minimum Gasteiger partial charge on any atom is -0.368 e. The van der Waals surface area contributed by atoms with Crippen LogP contribution >= 0.6 is 0 Å². The number of terminal acetylenes is 1. The zero-order chi connectivity index (χ0) is 18.8. The molecule has 1 aromatic rings. The number of nitrogens with two attached hydrogens (primary N) is 1. The predicted octanol–water partition coefficient (Wildman–Crippen LogP) is 0.647. The normalized spacial score (nSPS) is 12.5. The lowest BCUT2D eigenvalue weighted by Gasteiger charge is -2.21. The molecule has 0 radical (unpaired) electrons. The van der Waals surface area contributed by atoms with E-state index >= 15 is 0 Å². The summed E-state index contributed by atoms with van der Waals surface area (Å²) in [6.07, 6.45) is 6.37. The largest absolute Gasteiger partial charge is 0.368 e. The van der Waals surface area contributed by atoms with Crippen molar-refractivity contribution in [1.82, 2.24) is 10.6 Å². The summed E-state index contributed by atoms with van der Waals surface area (Å²) in [7, 11) is 0. The zero-order valence-electron chi connectivity index (χ0n) is 14.0. The van der Waals surface area contributed by atoms with E-state index in [0.717, 1.165) is 0 Å². The quantitative estimate of drug-likeness (QED) is 0.451. The number of amides is 3. The van der Waals surface area contributed by atoms with Crippen LogP contribution in [-0.4, -0.2) is 29.8 Å². The number of halogens is 1. The maximum absolute atomic E-state index is 13.8. The van der Waals surface area contributed by atoms with Crippen molar-refractivity contribution in [3.63, 3.8) is 0 Å². The molecule has 0 heterocycles. The molecule has 0 saturated carbocycles. The van der Waals surface area contributed by atoms with Gasteiger partial charge in [0.05, 0.1) is 0 Å². The van der Waals surface area contributed by atoms with E-state index in [0.29, 0.717) is 12.8 Å². The van der Waals surface area contributed by atoms with Gasteiger partial charge in [-0.25, -0.2) is 4.39 Å². The van der Waals surface area contributed by atoms with Crippen LogP contribution in [0.2, 0.25) is 0 Å². The summed E-state index contributed by atoms with van der Waals surface area (Å²) in [5.74, 6) is 0.209. The van der Waals surface area contributed by atoms with Crippen molar-refractivity contribution in [3.05, 3.63) is 35.6 Å². The Labute approximate surface area is 146 Å². The van der Waals surface area contributed by atoms with Crippen LogP contribution in [0.4, 0.5) is 4.39 Å². The van der Waals surface area contributed by atoms with Gasteiger partial charge in [-0.3, -0.25) is 14.4 Å². The average molecular weight is 347 g/mol. The second-order valence-corrected chi connectivity index (χ2v) is 5.61. The first-order chi connectivity index (χ1) is 11.8. The number of benzene rings is 1. The Bertz CT molecular complexity index is 670. The molecular weight excluding hydrogens is 325 g/mol. The lowest BCUT2D eigenvalue weighted by molar-refractivity contribution is -0.130. The molecule has 0 aliphatic rings. The number of hydrogen-bond acceptors (Lipinski definition) is 3. The molecule has 1 aromatic carbocycles. The van der Waals surface area contributed by atoms with E-state index < -0.39 is 35.6 Å². The Balaban J connectivity index is 2.84.